The molecule has 2 aromatic rings. The summed E-state index contributed by atoms with van der Waals surface area (Å²) in [5.41, 5.74) is 0.334. The van der Waals surface area contributed by atoms with Crippen molar-refractivity contribution in [1.82, 2.24) is 4.98 Å². The Morgan fingerprint density at radius 1 is 1.39 bits per heavy atom. The molecule has 6 heteroatoms. The van der Waals surface area contributed by atoms with Crippen LogP contribution in [0.5, 0.6) is 5.75 Å². The summed E-state index contributed by atoms with van der Waals surface area (Å²) in [6.45, 7) is 0.0608. The second-order valence-electron chi connectivity index (χ2n) is 3.55. The molecule has 0 atom stereocenters. The second kappa shape index (κ2) is 5.31. The van der Waals surface area contributed by atoms with E-state index in [2.05, 4.69) is 4.98 Å². The van der Waals surface area contributed by atoms with Crippen LogP contribution >= 0.6 is 0 Å². The van der Waals surface area contributed by atoms with Crippen LogP contribution in [0.4, 0.5) is 4.39 Å². The van der Waals surface area contributed by atoms with Gasteiger partial charge in [-0.25, -0.2) is 9.37 Å². The number of benzene rings is 1. The molecule has 18 heavy (non-hydrogen) atoms. The van der Waals surface area contributed by atoms with Gasteiger partial charge >= 0.3 is 5.97 Å². The van der Waals surface area contributed by atoms with Gasteiger partial charge in [0, 0.05) is 0 Å². The Morgan fingerprint density at radius 3 is 2.78 bits per heavy atom. The molecule has 0 saturated heterocycles. The van der Waals surface area contributed by atoms with Crippen LogP contribution in [0.2, 0.25) is 0 Å². The Labute approximate surface area is 102 Å². The van der Waals surface area contributed by atoms with Gasteiger partial charge in [0.05, 0.1) is 12.1 Å². The highest BCUT2D eigenvalue weighted by Crippen LogP contribution is 2.13. The summed E-state index contributed by atoms with van der Waals surface area (Å²) in [6, 6.07) is 5.52. The van der Waals surface area contributed by atoms with Crippen molar-refractivity contribution < 1.29 is 23.4 Å². The predicted molar refractivity (Wildman–Crippen MR) is 58.6 cm³/mol. The third kappa shape index (κ3) is 3.31. The molecule has 1 aromatic carbocycles. The quantitative estimate of drug-likeness (QED) is 0.880. The third-order valence-corrected chi connectivity index (χ3v) is 2.11. The number of aromatic nitrogens is 1. The first-order valence-electron chi connectivity index (χ1n) is 5.17. The molecular weight excluding hydrogens is 241 g/mol. The molecule has 94 valence electrons. The molecule has 1 aromatic heterocycles. The Balaban J connectivity index is 1.92. The van der Waals surface area contributed by atoms with Crippen molar-refractivity contribution in [2.75, 3.05) is 0 Å². The molecule has 0 saturated carbocycles. The number of hydrogen-bond acceptors (Lipinski definition) is 4. The number of ether oxygens (including phenoxy) is 1. The van der Waals surface area contributed by atoms with E-state index in [0.29, 0.717) is 11.4 Å². The van der Waals surface area contributed by atoms with Gasteiger partial charge in [0.25, 0.3) is 0 Å². The summed E-state index contributed by atoms with van der Waals surface area (Å²) < 4.78 is 23.0. The summed E-state index contributed by atoms with van der Waals surface area (Å²) in [6.07, 6.45) is 1.08. The average Bonchev–Trinajstić information content (AvgIpc) is 2.75. The predicted octanol–water partition coefficient (Wildman–Crippen LogP) is 2.02. The lowest BCUT2D eigenvalue weighted by Gasteiger charge is -2.02. The summed E-state index contributed by atoms with van der Waals surface area (Å²) in [4.78, 5) is 14.4. The summed E-state index contributed by atoms with van der Waals surface area (Å²) in [5, 5.41) is 8.56. The standard InChI is InChI=1S/C12H10FNO4/c13-8-1-3-10(4-2-8)17-7-11-14-9(6-18-11)5-12(15)16/h1-4,6H,5,7H2,(H,15,16). The molecule has 0 aliphatic rings. The molecule has 5 nitrogen and oxygen atoms in total. The SMILES string of the molecule is O=C(O)Cc1coc(COc2ccc(F)cc2)n1. The maximum Gasteiger partial charge on any atom is 0.309 e. The zero-order valence-electron chi connectivity index (χ0n) is 9.30. The van der Waals surface area contributed by atoms with Gasteiger partial charge in [0.15, 0.2) is 6.61 Å². The summed E-state index contributed by atoms with van der Waals surface area (Å²) in [5.74, 6) is -0.568. The first-order valence-corrected chi connectivity index (χ1v) is 5.17. The number of oxazole rings is 1. The third-order valence-electron chi connectivity index (χ3n) is 2.11. The minimum atomic E-state index is -0.977. The van der Waals surface area contributed by atoms with E-state index in [4.69, 9.17) is 14.3 Å². The van der Waals surface area contributed by atoms with Crippen molar-refractivity contribution in [1.29, 1.82) is 0 Å². The van der Waals surface area contributed by atoms with Crippen molar-refractivity contribution in [3.8, 4) is 5.75 Å². The van der Waals surface area contributed by atoms with Crippen LogP contribution in [0.3, 0.4) is 0 Å². The lowest BCUT2D eigenvalue weighted by molar-refractivity contribution is -0.136. The molecule has 2 rings (SSSR count). The van der Waals surface area contributed by atoms with E-state index in [9.17, 15) is 9.18 Å². The molecule has 0 amide bonds. The van der Waals surface area contributed by atoms with Crippen molar-refractivity contribution in [3.05, 3.63) is 47.9 Å². The molecule has 0 bridgehead atoms. The lowest BCUT2D eigenvalue weighted by atomic mass is 10.3. The monoisotopic (exact) mass is 251 g/mol. The van der Waals surface area contributed by atoms with Crippen LogP contribution in [-0.4, -0.2) is 16.1 Å². The van der Waals surface area contributed by atoms with Gasteiger partial charge < -0.3 is 14.3 Å². The van der Waals surface area contributed by atoms with Crippen molar-refractivity contribution >= 4 is 5.97 Å². The van der Waals surface area contributed by atoms with E-state index in [-0.39, 0.29) is 24.7 Å². The van der Waals surface area contributed by atoms with E-state index in [1.807, 2.05) is 0 Å². The number of aliphatic carboxylic acids is 1. The smallest absolute Gasteiger partial charge is 0.309 e. The number of hydrogen-bond donors (Lipinski definition) is 1. The van der Waals surface area contributed by atoms with Crippen molar-refractivity contribution in [2.24, 2.45) is 0 Å². The van der Waals surface area contributed by atoms with Gasteiger partial charge in [0.2, 0.25) is 5.89 Å². The average molecular weight is 251 g/mol. The van der Waals surface area contributed by atoms with Crippen LogP contribution in [0.25, 0.3) is 0 Å². The Hall–Kier alpha value is -2.37. The number of carboxylic acids is 1. The fourth-order valence-electron chi connectivity index (χ4n) is 1.33. The topological polar surface area (TPSA) is 72.6 Å². The highest BCUT2D eigenvalue weighted by atomic mass is 19.1. The highest BCUT2D eigenvalue weighted by Gasteiger charge is 2.08. The molecular formula is C12H10FNO4. The van der Waals surface area contributed by atoms with Crippen molar-refractivity contribution in [2.45, 2.75) is 13.0 Å². The molecule has 0 spiro atoms. The van der Waals surface area contributed by atoms with Gasteiger partial charge in [-0.05, 0) is 24.3 Å². The molecule has 0 fully saturated rings. The van der Waals surface area contributed by atoms with Crippen LogP contribution in [0.15, 0.2) is 34.9 Å². The fraction of sp³-hybridized carbons (Fsp3) is 0.167. The number of carbonyl (C=O) groups is 1. The summed E-state index contributed by atoms with van der Waals surface area (Å²) in [7, 11) is 0. The number of nitrogens with zero attached hydrogens (tertiary/aromatic N) is 1. The number of carboxylic acid groups (broad SMARTS) is 1. The van der Waals surface area contributed by atoms with Gasteiger partial charge in [-0.15, -0.1) is 0 Å². The second-order valence-corrected chi connectivity index (χ2v) is 3.55. The first-order chi connectivity index (χ1) is 8.63. The number of halogens is 1. The number of rotatable bonds is 5. The zero-order chi connectivity index (χ0) is 13.0. The van der Waals surface area contributed by atoms with Gasteiger partial charge in [-0.3, -0.25) is 4.79 Å². The molecule has 1 heterocycles. The molecule has 0 unspecified atom stereocenters. The van der Waals surface area contributed by atoms with E-state index >= 15 is 0 Å². The van der Waals surface area contributed by atoms with E-state index < -0.39 is 5.97 Å². The Bertz CT molecular complexity index is 535. The van der Waals surface area contributed by atoms with Gasteiger partial charge in [-0.1, -0.05) is 0 Å². The normalized spacial score (nSPS) is 10.3. The fourth-order valence-corrected chi connectivity index (χ4v) is 1.33. The van der Waals surface area contributed by atoms with Gasteiger partial charge in [0.1, 0.15) is 17.8 Å². The largest absolute Gasteiger partial charge is 0.484 e. The molecule has 0 aliphatic carbocycles. The first kappa shape index (κ1) is 12.1. The minimum absolute atomic E-state index is 0.0608. The van der Waals surface area contributed by atoms with E-state index in [0.717, 1.165) is 0 Å². The van der Waals surface area contributed by atoms with E-state index in [1.54, 1.807) is 0 Å². The van der Waals surface area contributed by atoms with Crippen LogP contribution in [0, 0.1) is 5.82 Å². The molecule has 0 radical (unpaired) electrons. The maximum atomic E-state index is 12.6. The van der Waals surface area contributed by atoms with Crippen molar-refractivity contribution in [3.63, 3.8) is 0 Å². The minimum Gasteiger partial charge on any atom is -0.484 e. The zero-order valence-corrected chi connectivity index (χ0v) is 9.30. The Kier molecular flexibility index (Phi) is 3.57. The molecule has 0 aliphatic heterocycles. The summed E-state index contributed by atoms with van der Waals surface area (Å²) >= 11 is 0. The van der Waals surface area contributed by atoms with Crippen LogP contribution < -0.4 is 4.74 Å². The molecule has 1 N–H and O–H groups in total. The van der Waals surface area contributed by atoms with Crippen LogP contribution in [-0.2, 0) is 17.8 Å². The van der Waals surface area contributed by atoms with E-state index in [1.165, 1.54) is 30.5 Å². The highest BCUT2D eigenvalue weighted by molar-refractivity contribution is 5.69. The van der Waals surface area contributed by atoms with Crippen LogP contribution in [0.1, 0.15) is 11.6 Å². The van der Waals surface area contributed by atoms with Gasteiger partial charge in [-0.2, -0.15) is 0 Å². The Morgan fingerprint density at radius 2 is 2.11 bits per heavy atom. The lowest BCUT2D eigenvalue weighted by Crippen LogP contribution is -2.01. The maximum absolute atomic E-state index is 12.6.